The minimum absolute atomic E-state index is 0.123. The third-order valence-electron chi connectivity index (χ3n) is 3.57. The van der Waals surface area contributed by atoms with Gasteiger partial charge in [-0.25, -0.2) is 5.43 Å². The van der Waals surface area contributed by atoms with E-state index in [2.05, 4.69) is 15.8 Å². The van der Waals surface area contributed by atoms with Gasteiger partial charge in [0.25, 0.3) is 0 Å². The van der Waals surface area contributed by atoms with Crippen molar-refractivity contribution in [3.05, 3.63) is 35.4 Å². The summed E-state index contributed by atoms with van der Waals surface area (Å²) in [6.45, 7) is 1.98. The molecule has 1 saturated carbocycles. The van der Waals surface area contributed by atoms with E-state index in [1.807, 2.05) is 31.2 Å². The Labute approximate surface area is 124 Å². The molecule has 0 unspecified atom stereocenters. The van der Waals surface area contributed by atoms with Crippen LogP contribution < -0.4 is 10.7 Å². The van der Waals surface area contributed by atoms with Gasteiger partial charge in [-0.05, 0) is 25.3 Å². The van der Waals surface area contributed by atoms with Crippen molar-refractivity contribution >= 4 is 18.0 Å². The molecule has 0 saturated heterocycles. The van der Waals surface area contributed by atoms with Gasteiger partial charge in [0.1, 0.15) is 0 Å². The van der Waals surface area contributed by atoms with Crippen LogP contribution in [0.2, 0.25) is 0 Å². The van der Waals surface area contributed by atoms with Gasteiger partial charge in [-0.1, -0.05) is 49.1 Å². The Kier molecular flexibility index (Phi) is 5.49. The highest BCUT2D eigenvalue weighted by Gasteiger charge is 2.19. The van der Waals surface area contributed by atoms with E-state index in [9.17, 15) is 9.59 Å². The van der Waals surface area contributed by atoms with Gasteiger partial charge in [0, 0.05) is 6.04 Å². The van der Waals surface area contributed by atoms with Crippen molar-refractivity contribution in [1.29, 1.82) is 0 Å². The van der Waals surface area contributed by atoms with Gasteiger partial charge in [-0.2, -0.15) is 5.10 Å². The first-order chi connectivity index (χ1) is 10.1. The van der Waals surface area contributed by atoms with Gasteiger partial charge >= 0.3 is 11.8 Å². The van der Waals surface area contributed by atoms with Crippen LogP contribution in [-0.2, 0) is 9.59 Å². The highest BCUT2D eigenvalue weighted by Crippen LogP contribution is 2.17. The average molecular weight is 287 g/mol. The van der Waals surface area contributed by atoms with E-state index in [1.165, 1.54) is 12.6 Å². The van der Waals surface area contributed by atoms with Crippen LogP contribution in [0.5, 0.6) is 0 Å². The fourth-order valence-corrected chi connectivity index (χ4v) is 2.46. The molecule has 5 nitrogen and oxygen atoms in total. The second-order valence-electron chi connectivity index (χ2n) is 5.42. The van der Waals surface area contributed by atoms with Gasteiger partial charge in [0.15, 0.2) is 0 Å². The third-order valence-corrected chi connectivity index (χ3v) is 3.57. The summed E-state index contributed by atoms with van der Waals surface area (Å²) in [6, 6.07) is 7.84. The fraction of sp³-hybridized carbons (Fsp3) is 0.438. The standard InChI is InChI=1S/C16H21N3O2/c1-12-6-5-7-13(10-12)11-17-19-16(21)15(20)18-14-8-3-2-4-9-14/h5-7,10-11,14H,2-4,8-9H2,1H3,(H,18,20)(H,19,21). The number of benzene rings is 1. The molecule has 2 amide bonds. The van der Waals surface area contributed by atoms with Crippen molar-refractivity contribution < 1.29 is 9.59 Å². The average Bonchev–Trinajstić information content (AvgIpc) is 2.48. The summed E-state index contributed by atoms with van der Waals surface area (Å²) in [5.74, 6) is -1.33. The lowest BCUT2D eigenvalue weighted by molar-refractivity contribution is -0.139. The van der Waals surface area contributed by atoms with Crippen LogP contribution in [0.1, 0.15) is 43.2 Å². The van der Waals surface area contributed by atoms with Crippen LogP contribution in [-0.4, -0.2) is 24.1 Å². The Balaban J connectivity index is 1.79. The zero-order chi connectivity index (χ0) is 15.1. The summed E-state index contributed by atoms with van der Waals surface area (Å²) in [6.07, 6.45) is 6.85. The number of hydrogen-bond donors (Lipinski definition) is 2. The second kappa shape index (κ2) is 7.57. The summed E-state index contributed by atoms with van der Waals surface area (Å²) in [4.78, 5) is 23.3. The summed E-state index contributed by atoms with van der Waals surface area (Å²) in [5, 5.41) is 6.56. The number of hydrogen-bond acceptors (Lipinski definition) is 3. The van der Waals surface area contributed by atoms with Crippen LogP contribution in [0.3, 0.4) is 0 Å². The maximum atomic E-state index is 11.7. The smallest absolute Gasteiger partial charge is 0.329 e. The van der Waals surface area contributed by atoms with Gasteiger partial charge in [0.05, 0.1) is 6.21 Å². The van der Waals surface area contributed by atoms with Crippen LogP contribution in [0.25, 0.3) is 0 Å². The normalized spacial score (nSPS) is 15.9. The number of nitrogens with one attached hydrogen (secondary N) is 2. The predicted molar refractivity (Wildman–Crippen MR) is 81.9 cm³/mol. The molecule has 0 atom stereocenters. The first-order valence-corrected chi connectivity index (χ1v) is 7.36. The Morgan fingerprint density at radius 1 is 1.19 bits per heavy atom. The minimum atomic E-state index is -0.718. The quantitative estimate of drug-likeness (QED) is 0.506. The first-order valence-electron chi connectivity index (χ1n) is 7.36. The van der Waals surface area contributed by atoms with Gasteiger partial charge in [0.2, 0.25) is 0 Å². The lowest BCUT2D eigenvalue weighted by Crippen LogP contribution is -2.44. The summed E-state index contributed by atoms with van der Waals surface area (Å²) >= 11 is 0. The number of carbonyl (C=O) groups is 2. The molecule has 1 aliphatic carbocycles. The first kappa shape index (κ1) is 15.2. The van der Waals surface area contributed by atoms with Crippen molar-refractivity contribution in [2.75, 3.05) is 0 Å². The zero-order valence-corrected chi connectivity index (χ0v) is 12.3. The number of amides is 2. The lowest BCUT2D eigenvalue weighted by atomic mass is 9.95. The Bertz CT molecular complexity index is 534. The van der Waals surface area contributed by atoms with Crippen LogP contribution in [0.4, 0.5) is 0 Å². The molecule has 5 heteroatoms. The fourth-order valence-electron chi connectivity index (χ4n) is 2.46. The Morgan fingerprint density at radius 2 is 1.95 bits per heavy atom. The molecular formula is C16H21N3O2. The summed E-state index contributed by atoms with van der Waals surface area (Å²) in [7, 11) is 0. The van der Waals surface area contributed by atoms with E-state index >= 15 is 0 Å². The van der Waals surface area contributed by atoms with E-state index in [0.29, 0.717) is 0 Å². The molecule has 112 valence electrons. The zero-order valence-electron chi connectivity index (χ0n) is 12.3. The maximum Gasteiger partial charge on any atom is 0.329 e. The van der Waals surface area contributed by atoms with E-state index in [-0.39, 0.29) is 6.04 Å². The van der Waals surface area contributed by atoms with Crippen molar-refractivity contribution in [2.24, 2.45) is 5.10 Å². The molecule has 0 radical (unpaired) electrons. The maximum absolute atomic E-state index is 11.7. The highest BCUT2D eigenvalue weighted by molar-refractivity contribution is 6.35. The van der Waals surface area contributed by atoms with E-state index in [1.54, 1.807) is 0 Å². The molecule has 0 heterocycles. The van der Waals surface area contributed by atoms with Gasteiger partial charge in [-0.3, -0.25) is 9.59 Å². The molecule has 1 aromatic carbocycles. The van der Waals surface area contributed by atoms with Crippen LogP contribution in [0, 0.1) is 6.92 Å². The van der Waals surface area contributed by atoms with Crippen LogP contribution >= 0.6 is 0 Å². The van der Waals surface area contributed by atoms with Crippen molar-refractivity contribution in [2.45, 2.75) is 45.1 Å². The van der Waals surface area contributed by atoms with Crippen molar-refractivity contribution in [1.82, 2.24) is 10.7 Å². The van der Waals surface area contributed by atoms with Crippen molar-refractivity contribution in [3.8, 4) is 0 Å². The van der Waals surface area contributed by atoms with Gasteiger partial charge in [-0.15, -0.1) is 0 Å². The minimum Gasteiger partial charge on any atom is -0.345 e. The van der Waals surface area contributed by atoms with Crippen LogP contribution in [0.15, 0.2) is 29.4 Å². The molecule has 1 aromatic rings. The topological polar surface area (TPSA) is 70.6 Å². The van der Waals surface area contributed by atoms with Crippen molar-refractivity contribution in [3.63, 3.8) is 0 Å². The number of aryl methyl sites for hydroxylation is 1. The number of rotatable bonds is 3. The molecule has 0 aromatic heterocycles. The predicted octanol–water partition coefficient (Wildman–Crippen LogP) is 1.89. The van der Waals surface area contributed by atoms with E-state index < -0.39 is 11.8 Å². The second-order valence-corrected chi connectivity index (χ2v) is 5.42. The molecule has 21 heavy (non-hydrogen) atoms. The highest BCUT2D eigenvalue weighted by atomic mass is 16.2. The number of carbonyl (C=O) groups excluding carboxylic acids is 2. The lowest BCUT2D eigenvalue weighted by Gasteiger charge is -2.22. The van der Waals surface area contributed by atoms with E-state index in [4.69, 9.17) is 0 Å². The molecule has 0 bridgehead atoms. The Hall–Kier alpha value is -2.17. The molecule has 2 N–H and O–H groups in total. The largest absolute Gasteiger partial charge is 0.345 e. The Morgan fingerprint density at radius 3 is 2.67 bits per heavy atom. The molecule has 1 fully saturated rings. The summed E-state index contributed by atoms with van der Waals surface area (Å²) < 4.78 is 0. The number of nitrogens with zero attached hydrogens (tertiary/aromatic N) is 1. The summed E-state index contributed by atoms with van der Waals surface area (Å²) in [5.41, 5.74) is 4.25. The monoisotopic (exact) mass is 287 g/mol. The molecule has 1 aliphatic rings. The van der Waals surface area contributed by atoms with Gasteiger partial charge < -0.3 is 5.32 Å². The van der Waals surface area contributed by atoms with E-state index in [0.717, 1.165) is 36.8 Å². The molecule has 2 rings (SSSR count). The molecule has 0 spiro atoms. The number of hydrazone groups is 1. The molecule has 0 aliphatic heterocycles. The molecular weight excluding hydrogens is 266 g/mol. The SMILES string of the molecule is Cc1cccc(C=NNC(=O)C(=O)NC2CCCCC2)c1. The third kappa shape index (κ3) is 5.02.